The Morgan fingerprint density at radius 3 is 2.38 bits per heavy atom. The molecule has 2 aliphatic heterocycles. The summed E-state index contributed by atoms with van der Waals surface area (Å²) in [5, 5.41) is 0.755. The minimum atomic E-state index is -0.758. The van der Waals surface area contributed by atoms with Crippen molar-refractivity contribution >= 4 is 46.7 Å². The summed E-state index contributed by atoms with van der Waals surface area (Å²) in [7, 11) is 1.43. The third-order valence-electron chi connectivity index (χ3n) is 7.34. The fraction of sp³-hybridized carbons (Fsp3) is 0.520. The number of carbonyl (C=O) groups is 2. The summed E-state index contributed by atoms with van der Waals surface area (Å²) in [5.74, 6) is -0.566. The van der Waals surface area contributed by atoms with E-state index in [1.54, 1.807) is 12.1 Å². The first-order valence-corrected chi connectivity index (χ1v) is 13.2. The lowest BCUT2D eigenvalue weighted by Gasteiger charge is -2.48. The lowest BCUT2D eigenvalue weighted by Crippen LogP contribution is -2.59. The zero-order valence-electron chi connectivity index (χ0n) is 21.1. The number of esters is 1. The van der Waals surface area contributed by atoms with E-state index in [1.165, 1.54) is 7.11 Å². The molecule has 4 N–H and O–H groups in total. The molecule has 0 bridgehead atoms. The molecule has 12 heteroatoms. The summed E-state index contributed by atoms with van der Waals surface area (Å²) in [4.78, 5) is 39.5. The van der Waals surface area contributed by atoms with Crippen LogP contribution >= 0.6 is 23.2 Å². The Bertz CT molecular complexity index is 1130. The van der Waals surface area contributed by atoms with Crippen LogP contribution in [-0.2, 0) is 9.53 Å². The standard InChI is InChI=1S/C25H33Cl2N7O3/c1-3-17-14-33(24-21(27)30-19(23(29)35)22(28)31-24)12-13-34(17)18-8-10-32(11-9-18)20(25(36)37-2)15-4-6-16(26)7-5-15/h4-7,17-18,20H,3,8-14H2,1-2H3,(H2,28,31)(H2,29,35)/t17-,20+/m0/s1. The van der Waals surface area contributed by atoms with E-state index in [9.17, 15) is 9.59 Å². The number of anilines is 2. The number of aromatic nitrogens is 2. The van der Waals surface area contributed by atoms with Crippen LogP contribution < -0.4 is 16.4 Å². The Morgan fingerprint density at radius 2 is 1.78 bits per heavy atom. The molecule has 0 spiro atoms. The fourth-order valence-corrected chi connectivity index (χ4v) is 5.81. The molecule has 2 fully saturated rings. The Kier molecular flexibility index (Phi) is 8.74. The third-order valence-corrected chi connectivity index (χ3v) is 7.84. The SMILES string of the molecule is CC[C@H]1CN(c2nc(N)c(C(N)=O)nc2Cl)CCN1C1CCN([C@@H](C(=O)OC)c2ccc(Cl)cc2)CC1. The minimum Gasteiger partial charge on any atom is -0.468 e. The van der Waals surface area contributed by atoms with E-state index in [2.05, 4.69) is 31.6 Å². The molecular formula is C25H33Cl2N7O3. The van der Waals surface area contributed by atoms with Gasteiger partial charge in [0.2, 0.25) is 0 Å². The first-order chi connectivity index (χ1) is 17.7. The molecule has 37 heavy (non-hydrogen) atoms. The minimum absolute atomic E-state index is 0.0180. The summed E-state index contributed by atoms with van der Waals surface area (Å²) >= 11 is 12.4. The highest BCUT2D eigenvalue weighted by Crippen LogP contribution is 2.32. The maximum atomic E-state index is 12.7. The van der Waals surface area contributed by atoms with Crippen LogP contribution in [0.2, 0.25) is 10.2 Å². The highest BCUT2D eigenvalue weighted by atomic mass is 35.5. The van der Waals surface area contributed by atoms with Gasteiger partial charge in [-0.3, -0.25) is 14.6 Å². The fourth-order valence-electron chi connectivity index (χ4n) is 5.44. The molecule has 0 radical (unpaired) electrons. The molecule has 2 saturated heterocycles. The number of rotatable bonds is 7. The number of carbonyl (C=O) groups excluding carboxylic acids is 2. The van der Waals surface area contributed by atoms with Gasteiger partial charge in [0, 0.05) is 49.8 Å². The van der Waals surface area contributed by atoms with Gasteiger partial charge in [-0.2, -0.15) is 0 Å². The normalized spacial score (nSPS) is 20.5. The molecule has 4 rings (SSSR count). The number of piperazine rings is 1. The van der Waals surface area contributed by atoms with Crippen molar-refractivity contribution in [1.29, 1.82) is 0 Å². The Labute approximate surface area is 226 Å². The highest BCUT2D eigenvalue weighted by Gasteiger charge is 2.37. The van der Waals surface area contributed by atoms with E-state index in [4.69, 9.17) is 39.4 Å². The van der Waals surface area contributed by atoms with Crippen LogP contribution in [0.1, 0.15) is 48.3 Å². The molecule has 2 aromatic rings. The predicted octanol–water partition coefficient (Wildman–Crippen LogP) is 2.74. The lowest BCUT2D eigenvalue weighted by atomic mass is 9.95. The second-order valence-electron chi connectivity index (χ2n) is 9.43. The molecule has 0 aliphatic carbocycles. The molecule has 2 atom stereocenters. The first kappa shape index (κ1) is 27.4. The maximum Gasteiger partial charge on any atom is 0.327 e. The Hall–Kier alpha value is -2.66. The molecule has 200 valence electrons. The van der Waals surface area contributed by atoms with Gasteiger partial charge < -0.3 is 21.1 Å². The monoisotopic (exact) mass is 549 g/mol. The van der Waals surface area contributed by atoms with Crippen LogP contribution in [0.15, 0.2) is 24.3 Å². The van der Waals surface area contributed by atoms with Crippen LogP contribution in [0.3, 0.4) is 0 Å². The van der Waals surface area contributed by atoms with Gasteiger partial charge >= 0.3 is 5.97 Å². The number of methoxy groups -OCH3 is 1. The van der Waals surface area contributed by atoms with Gasteiger partial charge in [-0.1, -0.05) is 42.3 Å². The van der Waals surface area contributed by atoms with Crippen molar-refractivity contribution in [3.63, 3.8) is 0 Å². The average molecular weight is 550 g/mol. The zero-order chi connectivity index (χ0) is 26.7. The number of hydrogen-bond acceptors (Lipinski definition) is 9. The Balaban J connectivity index is 1.42. The Morgan fingerprint density at radius 1 is 1.11 bits per heavy atom. The van der Waals surface area contributed by atoms with Crippen molar-refractivity contribution in [3.05, 3.63) is 45.7 Å². The number of primary amides is 1. The quantitative estimate of drug-likeness (QED) is 0.500. The van der Waals surface area contributed by atoms with E-state index in [1.807, 2.05) is 12.1 Å². The smallest absolute Gasteiger partial charge is 0.327 e. The van der Waals surface area contributed by atoms with E-state index >= 15 is 0 Å². The zero-order valence-corrected chi connectivity index (χ0v) is 22.6. The van der Waals surface area contributed by atoms with Crippen molar-refractivity contribution in [2.45, 2.75) is 44.3 Å². The summed E-state index contributed by atoms with van der Waals surface area (Å²) < 4.78 is 5.13. The second kappa shape index (κ2) is 11.8. The number of ether oxygens (including phenoxy) is 1. The summed E-state index contributed by atoms with van der Waals surface area (Å²) in [6.07, 6.45) is 2.84. The topological polar surface area (TPSA) is 131 Å². The van der Waals surface area contributed by atoms with Crippen LogP contribution in [0.4, 0.5) is 11.6 Å². The number of nitrogens with zero attached hydrogens (tertiary/aromatic N) is 5. The summed E-state index contributed by atoms with van der Waals surface area (Å²) in [6.45, 7) is 5.99. The summed E-state index contributed by atoms with van der Waals surface area (Å²) in [5.41, 5.74) is 12.0. The van der Waals surface area contributed by atoms with E-state index in [0.29, 0.717) is 23.4 Å². The first-order valence-electron chi connectivity index (χ1n) is 12.4. The summed E-state index contributed by atoms with van der Waals surface area (Å²) in [6, 6.07) is 7.62. The number of nitrogen functional groups attached to an aromatic ring is 1. The van der Waals surface area contributed by atoms with E-state index in [-0.39, 0.29) is 28.7 Å². The third kappa shape index (κ3) is 5.93. The molecule has 0 unspecified atom stereocenters. The second-order valence-corrected chi connectivity index (χ2v) is 10.2. The maximum absolute atomic E-state index is 12.7. The lowest BCUT2D eigenvalue weighted by molar-refractivity contribution is -0.148. The molecular weight excluding hydrogens is 517 g/mol. The number of amides is 1. The molecule has 2 aliphatic rings. The molecule has 1 aromatic heterocycles. The van der Waals surface area contributed by atoms with E-state index < -0.39 is 11.9 Å². The molecule has 1 aromatic carbocycles. The van der Waals surface area contributed by atoms with Crippen LogP contribution in [-0.4, -0.2) is 83.6 Å². The van der Waals surface area contributed by atoms with Crippen molar-refractivity contribution < 1.29 is 14.3 Å². The van der Waals surface area contributed by atoms with Gasteiger partial charge in [-0.25, -0.2) is 14.8 Å². The van der Waals surface area contributed by atoms with Crippen molar-refractivity contribution in [3.8, 4) is 0 Å². The van der Waals surface area contributed by atoms with Crippen LogP contribution in [0.5, 0.6) is 0 Å². The molecule has 0 saturated carbocycles. The predicted molar refractivity (Wildman–Crippen MR) is 144 cm³/mol. The highest BCUT2D eigenvalue weighted by molar-refractivity contribution is 6.32. The average Bonchev–Trinajstić information content (AvgIpc) is 2.90. The molecule has 3 heterocycles. The number of piperidine rings is 1. The number of likely N-dealkylation sites (tertiary alicyclic amines) is 1. The number of nitrogens with two attached hydrogens (primary N) is 2. The number of halogens is 2. The number of hydrogen-bond donors (Lipinski definition) is 2. The van der Waals surface area contributed by atoms with Gasteiger partial charge in [0.05, 0.1) is 7.11 Å². The van der Waals surface area contributed by atoms with Gasteiger partial charge in [0.1, 0.15) is 6.04 Å². The largest absolute Gasteiger partial charge is 0.468 e. The van der Waals surface area contributed by atoms with E-state index in [0.717, 1.165) is 51.0 Å². The van der Waals surface area contributed by atoms with Gasteiger partial charge in [-0.05, 0) is 37.0 Å². The molecule has 10 nitrogen and oxygen atoms in total. The van der Waals surface area contributed by atoms with Gasteiger partial charge in [0.15, 0.2) is 22.5 Å². The number of benzene rings is 1. The van der Waals surface area contributed by atoms with Gasteiger partial charge in [0.25, 0.3) is 5.91 Å². The molecule has 1 amide bonds. The van der Waals surface area contributed by atoms with Crippen molar-refractivity contribution in [2.75, 3.05) is 50.5 Å². The van der Waals surface area contributed by atoms with Gasteiger partial charge in [-0.15, -0.1) is 0 Å². The van der Waals surface area contributed by atoms with Crippen LogP contribution in [0.25, 0.3) is 0 Å². The van der Waals surface area contributed by atoms with Crippen molar-refractivity contribution in [1.82, 2.24) is 19.8 Å². The van der Waals surface area contributed by atoms with Crippen molar-refractivity contribution in [2.24, 2.45) is 5.73 Å². The van der Waals surface area contributed by atoms with Crippen LogP contribution in [0, 0.1) is 0 Å².